The lowest BCUT2D eigenvalue weighted by atomic mass is 9.92. The highest BCUT2D eigenvalue weighted by Gasteiger charge is 2.21. The molecule has 0 aromatic heterocycles. The van der Waals surface area contributed by atoms with Crippen LogP contribution in [0, 0.1) is 17.8 Å². The van der Waals surface area contributed by atoms with Gasteiger partial charge in [-0.25, -0.2) is 0 Å². The molecular formula is C16H34N4. The average Bonchev–Trinajstić information content (AvgIpc) is 2.36. The first-order valence-corrected chi connectivity index (χ1v) is 8.11. The molecule has 0 aromatic rings. The van der Waals surface area contributed by atoms with Crippen LogP contribution in [0.25, 0.3) is 0 Å². The fourth-order valence-electron chi connectivity index (χ4n) is 2.88. The smallest absolute Gasteiger partial charge is 0.191 e. The van der Waals surface area contributed by atoms with Crippen LogP contribution in [0.5, 0.6) is 0 Å². The van der Waals surface area contributed by atoms with Gasteiger partial charge in [0.1, 0.15) is 0 Å². The minimum atomic E-state index is 0.441. The number of aliphatic imine (C=N–C) groups is 1. The van der Waals surface area contributed by atoms with E-state index in [2.05, 4.69) is 55.1 Å². The first-order chi connectivity index (χ1) is 9.42. The second-order valence-electron chi connectivity index (χ2n) is 6.88. The van der Waals surface area contributed by atoms with Crippen molar-refractivity contribution in [3.8, 4) is 0 Å². The molecule has 20 heavy (non-hydrogen) atoms. The fraction of sp³-hybridized carbons (Fsp3) is 0.938. The van der Waals surface area contributed by atoms with Crippen molar-refractivity contribution in [1.29, 1.82) is 0 Å². The molecule has 0 radical (unpaired) electrons. The molecule has 2 N–H and O–H groups in total. The Kier molecular flexibility index (Phi) is 7.35. The van der Waals surface area contributed by atoms with Gasteiger partial charge in [-0.1, -0.05) is 27.7 Å². The van der Waals surface area contributed by atoms with Crippen LogP contribution in [0.4, 0.5) is 0 Å². The van der Waals surface area contributed by atoms with Gasteiger partial charge in [0.2, 0.25) is 0 Å². The molecule has 3 atom stereocenters. The lowest BCUT2D eigenvalue weighted by Gasteiger charge is -2.35. The number of likely N-dealkylation sites (tertiary alicyclic amines) is 1. The maximum absolute atomic E-state index is 4.30. The summed E-state index contributed by atoms with van der Waals surface area (Å²) in [7, 11) is 1.84. The van der Waals surface area contributed by atoms with Gasteiger partial charge in [0.25, 0.3) is 0 Å². The topological polar surface area (TPSA) is 39.7 Å². The van der Waals surface area contributed by atoms with Gasteiger partial charge in [0.05, 0.1) is 0 Å². The third-order valence-corrected chi connectivity index (χ3v) is 4.25. The highest BCUT2D eigenvalue weighted by Crippen LogP contribution is 2.20. The standard InChI is InChI=1S/C16H34N4/c1-12(2)15(5)19-16(17-6)18-7-8-20-10-13(3)9-14(4)11-20/h12-15H,7-11H2,1-6H3,(H2,17,18,19). The molecule has 1 saturated heterocycles. The molecule has 1 rings (SSSR count). The summed E-state index contributed by atoms with van der Waals surface area (Å²) in [4.78, 5) is 6.87. The van der Waals surface area contributed by atoms with Crippen molar-refractivity contribution >= 4 is 5.96 Å². The van der Waals surface area contributed by atoms with E-state index in [-0.39, 0.29) is 0 Å². The van der Waals surface area contributed by atoms with Crippen molar-refractivity contribution in [2.24, 2.45) is 22.7 Å². The summed E-state index contributed by atoms with van der Waals surface area (Å²) in [6.07, 6.45) is 1.37. The number of piperidine rings is 1. The van der Waals surface area contributed by atoms with Gasteiger partial charge >= 0.3 is 0 Å². The van der Waals surface area contributed by atoms with Crippen molar-refractivity contribution in [1.82, 2.24) is 15.5 Å². The molecule has 4 nitrogen and oxygen atoms in total. The Hall–Kier alpha value is -0.770. The fourth-order valence-corrected chi connectivity index (χ4v) is 2.88. The van der Waals surface area contributed by atoms with Crippen molar-refractivity contribution < 1.29 is 0 Å². The first-order valence-electron chi connectivity index (χ1n) is 8.11. The summed E-state index contributed by atoms with van der Waals surface area (Å²) in [5, 5.41) is 6.87. The third kappa shape index (κ3) is 6.12. The Morgan fingerprint density at radius 2 is 1.80 bits per heavy atom. The minimum absolute atomic E-state index is 0.441. The number of nitrogens with zero attached hydrogens (tertiary/aromatic N) is 2. The van der Waals surface area contributed by atoms with E-state index >= 15 is 0 Å². The Morgan fingerprint density at radius 1 is 1.20 bits per heavy atom. The van der Waals surface area contributed by atoms with E-state index in [1.807, 2.05) is 7.05 Å². The van der Waals surface area contributed by atoms with Gasteiger partial charge in [-0.3, -0.25) is 4.99 Å². The molecule has 1 fully saturated rings. The van der Waals surface area contributed by atoms with E-state index in [9.17, 15) is 0 Å². The van der Waals surface area contributed by atoms with E-state index < -0.39 is 0 Å². The van der Waals surface area contributed by atoms with Crippen molar-refractivity contribution in [2.45, 2.75) is 47.1 Å². The van der Waals surface area contributed by atoms with Crippen LogP contribution in [0.2, 0.25) is 0 Å². The van der Waals surface area contributed by atoms with Crippen LogP contribution < -0.4 is 10.6 Å². The highest BCUT2D eigenvalue weighted by molar-refractivity contribution is 5.79. The lowest BCUT2D eigenvalue weighted by Crippen LogP contribution is -2.47. The third-order valence-electron chi connectivity index (χ3n) is 4.25. The SMILES string of the molecule is CN=C(NCCN1CC(C)CC(C)C1)NC(C)C(C)C. The van der Waals surface area contributed by atoms with E-state index in [0.29, 0.717) is 12.0 Å². The monoisotopic (exact) mass is 282 g/mol. The highest BCUT2D eigenvalue weighted by atomic mass is 15.2. The van der Waals surface area contributed by atoms with Gasteiger partial charge in [-0.2, -0.15) is 0 Å². The van der Waals surface area contributed by atoms with Crippen LogP contribution in [0.3, 0.4) is 0 Å². The lowest BCUT2D eigenvalue weighted by molar-refractivity contribution is 0.143. The maximum atomic E-state index is 4.30. The Morgan fingerprint density at radius 3 is 2.30 bits per heavy atom. The quantitative estimate of drug-likeness (QED) is 0.600. The molecule has 4 heteroatoms. The number of hydrogen-bond donors (Lipinski definition) is 2. The van der Waals surface area contributed by atoms with Gasteiger partial charge in [0.15, 0.2) is 5.96 Å². The molecule has 3 unspecified atom stereocenters. The summed E-state index contributed by atoms with van der Waals surface area (Å²) in [6, 6.07) is 0.441. The number of hydrogen-bond acceptors (Lipinski definition) is 2. The van der Waals surface area contributed by atoms with E-state index in [4.69, 9.17) is 0 Å². The number of rotatable bonds is 5. The molecule has 0 aliphatic carbocycles. The summed E-state index contributed by atoms with van der Waals surface area (Å²) < 4.78 is 0. The van der Waals surface area contributed by atoms with E-state index in [0.717, 1.165) is 30.9 Å². The van der Waals surface area contributed by atoms with E-state index in [1.54, 1.807) is 0 Å². The summed E-state index contributed by atoms with van der Waals surface area (Å²) >= 11 is 0. The molecule has 1 aliphatic heterocycles. The molecule has 0 spiro atoms. The normalized spacial score (nSPS) is 26.6. The molecule has 118 valence electrons. The minimum Gasteiger partial charge on any atom is -0.355 e. The zero-order valence-electron chi connectivity index (χ0n) is 14.2. The molecule has 0 bridgehead atoms. The van der Waals surface area contributed by atoms with Gasteiger partial charge in [0, 0.05) is 39.3 Å². The molecule has 1 heterocycles. The van der Waals surface area contributed by atoms with Gasteiger partial charge in [-0.05, 0) is 31.1 Å². The maximum Gasteiger partial charge on any atom is 0.191 e. The summed E-state index contributed by atoms with van der Waals surface area (Å²) in [5.74, 6) is 3.19. The van der Waals surface area contributed by atoms with Crippen molar-refractivity contribution in [3.63, 3.8) is 0 Å². The van der Waals surface area contributed by atoms with E-state index in [1.165, 1.54) is 19.5 Å². The van der Waals surface area contributed by atoms with Crippen molar-refractivity contribution in [2.75, 3.05) is 33.2 Å². The van der Waals surface area contributed by atoms with Gasteiger partial charge in [-0.15, -0.1) is 0 Å². The van der Waals surface area contributed by atoms with Gasteiger partial charge < -0.3 is 15.5 Å². The molecule has 1 aliphatic rings. The largest absolute Gasteiger partial charge is 0.355 e. The van der Waals surface area contributed by atoms with Crippen LogP contribution in [0.1, 0.15) is 41.0 Å². The summed E-state index contributed by atoms with van der Waals surface area (Å²) in [5.41, 5.74) is 0. The number of nitrogens with one attached hydrogen (secondary N) is 2. The van der Waals surface area contributed by atoms with Crippen LogP contribution >= 0.6 is 0 Å². The predicted molar refractivity (Wildman–Crippen MR) is 88.2 cm³/mol. The Balaban J connectivity index is 2.28. The second kappa shape index (κ2) is 8.50. The van der Waals surface area contributed by atoms with Crippen LogP contribution in [-0.2, 0) is 0 Å². The molecular weight excluding hydrogens is 248 g/mol. The predicted octanol–water partition coefficient (Wildman–Crippen LogP) is 2.17. The first kappa shape index (κ1) is 17.3. The van der Waals surface area contributed by atoms with Crippen LogP contribution in [-0.4, -0.2) is 50.1 Å². The molecule has 0 amide bonds. The second-order valence-corrected chi connectivity index (χ2v) is 6.88. The Labute approximate surface area is 125 Å². The number of guanidine groups is 1. The zero-order valence-corrected chi connectivity index (χ0v) is 14.2. The average molecular weight is 282 g/mol. The summed E-state index contributed by atoms with van der Waals surface area (Å²) in [6.45, 7) is 15.9. The van der Waals surface area contributed by atoms with Crippen LogP contribution in [0.15, 0.2) is 4.99 Å². The molecule has 0 aromatic carbocycles. The Bertz CT molecular complexity index is 291. The zero-order chi connectivity index (χ0) is 15.1. The van der Waals surface area contributed by atoms with Crippen molar-refractivity contribution in [3.05, 3.63) is 0 Å². The molecule has 0 saturated carbocycles.